The van der Waals surface area contributed by atoms with Gasteiger partial charge in [-0.05, 0) is 77.9 Å². The van der Waals surface area contributed by atoms with E-state index in [1.54, 1.807) is 30.0 Å². The molecule has 0 spiro atoms. The van der Waals surface area contributed by atoms with Crippen LogP contribution in [-0.4, -0.2) is 30.3 Å². The molecule has 0 saturated carbocycles. The summed E-state index contributed by atoms with van der Waals surface area (Å²) in [4.78, 5) is 39.3. The molecule has 1 amide bonds. The van der Waals surface area contributed by atoms with Crippen LogP contribution in [0, 0.1) is 0 Å². The van der Waals surface area contributed by atoms with Gasteiger partial charge in [0.25, 0.3) is 0 Å². The predicted octanol–water partition coefficient (Wildman–Crippen LogP) is 4.28. The first-order valence-electron chi connectivity index (χ1n) is 10.6. The van der Waals surface area contributed by atoms with Crippen molar-refractivity contribution in [1.29, 1.82) is 0 Å². The number of anilines is 1. The number of benzene rings is 3. The largest absolute Gasteiger partial charge is 0.451 e. The molecule has 5 rings (SSSR count). The lowest BCUT2D eigenvalue weighted by atomic mass is 10.00. The van der Waals surface area contributed by atoms with Crippen LogP contribution in [0.2, 0.25) is 0 Å². The van der Waals surface area contributed by atoms with E-state index < -0.39 is 12.1 Å². The van der Waals surface area contributed by atoms with Gasteiger partial charge in [0.2, 0.25) is 11.7 Å². The zero-order valence-corrected chi connectivity index (χ0v) is 17.6. The first-order valence-corrected chi connectivity index (χ1v) is 10.6. The number of nitrogens with zero attached hydrogens (tertiary/aromatic N) is 1. The molecule has 0 bridgehead atoms. The fourth-order valence-corrected chi connectivity index (χ4v) is 4.82. The molecule has 0 radical (unpaired) electrons. The monoisotopic (exact) mass is 413 g/mol. The minimum atomic E-state index is -0.904. The number of ether oxygens (including phenoxy) is 1. The van der Waals surface area contributed by atoms with Gasteiger partial charge in [0.1, 0.15) is 0 Å². The Labute approximate surface area is 180 Å². The minimum Gasteiger partial charge on any atom is -0.451 e. The van der Waals surface area contributed by atoms with E-state index in [-0.39, 0.29) is 11.7 Å². The molecule has 0 saturated heterocycles. The van der Waals surface area contributed by atoms with E-state index in [0.717, 1.165) is 34.9 Å². The Morgan fingerprint density at radius 1 is 0.935 bits per heavy atom. The summed E-state index contributed by atoms with van der Waals surface area (Å²) < 4.78 is 5.59. The van der Waals surface area contributed by atoms with Crippen LogP contribution in [0.15, 0.2) is 48.5 Å². The lowest BCUT2D eigenvalue weighted by molar-refractivity contribution is -0.116. The molecular formula is C26H23NO4. The van der Waals surface area contributed by atoms with Crippen molar-refractivity contribution in [2.24, 2.45) is 0 Å². The average molecular weight is 413 g/mol. The van der Waals surface area contributed by atoms with Crippen LogP contribution in [0.4, 0.5) is 5.69 Å². The number of esters is 1. The Kier molecular flexibility index (Phi) is 4.62. The first-order chi connectivity index (χ1) is 14.9. The van der Waals surface area contributed by atoms with Gasteiger partial charge in [-0.3, -0.25) is 9.59 Å². The number of amides is 1. The molecule has 1 aliphatic heterocycles. The van der Waals surface area contributed by atoms with Crippen LogP contribution < -0.4 is 4.90 Å². The van der Waals surface area contributed by atoms with E-state index in [4.69, 9.17) is 4.74 Å². The first kappa shape index (κ1) is 19.5. The third-order valence-electron chi connectivity index (χ3n) is 6.39. The summed E-state index contributed by atoms with van der Waals surface area (Å²) in [5.74, 6) is -0.741. The molecule has 156 valence electrons. The van der Waals surface area contributed by atoms with E-state index in [1.807, 2.05) is 24.3 Å². The Balaban J connectivity index is 1.37. The molecule has 0 unspecified atom stereocenters. The van der Waals surface area contributed by atoms with Crippen LogP contribution in [0.3, 0.4) is 0 Å². The summed E-state index contributed by atoms with van der Waals surface area (Å²) in [6.07, 6.45) is 1.78. The summed E-state index contributed by atoms with van der Waals surface area (Å²) in [6, 6.07) is 15.1. The Hall–Kier alpha value is -3.47. The highest BCUT2D eigenvalue weighted by Gasteiger charge is 2.27. The Bertz CT molecular complexity index is 1250. The molecule has 0 fully saturated rings. The quantitative estimate of drug-likeness (QED) is 0.473. The van der Waals surface area contributed by atoms with Gasteiger partial charge >= 0.3 is 5.97 Å². The average Bonchev–Trinajstić information content (AvgIpc) is 3.38. The number of hydrogen-bond donors (Lipinski definition) is 0. The van der Waals surface area contributed by atoms with Gasteiger partial charge in [-0.25, -0.2) is 4.79 Å². The number of fused-ring (bicyclic) bond motifs is 1. The van der Waals surface area contributed by atoms with Gasteiger partial charge in [0, 0.05) is 24.7 Å². The third-order valence-corrected chi connectivity index (χ3v) is 6.39. The molecule has 1 aliphatic carbocycles. The second-order valence-corrected chi connectivity index (χ2v) is 8.29. The van der Waals surface area contributed by atoms with Crippen LogP contribution in [-0.2, 0) is 28.8 Å². The van der Waals surface area contributed by atoms with Crippen molar-refractivity contribution in [3.05, 3.63) is 76.3 Å². The minimum absolute atomic E-state index is 0.00881. The van der Waals surface area contributed by atoms with Crippen LogP contribution in [0.25, 0.3) is 10.8 Å². The van der Waals surface area contributed by atoms with Crippen molar-refractivity contribution < 1.29 is 19.1 Å². The maximum absolute atomic E-state index is 13.0. The zero-order valence-electron chi connectivity index (χ0n) is 17.6. The zero-order chi connectivity index (χ0) is 21.7. The molecule has 2 aliphatic rings. The van der Waals surface area contributed by atoms with E-state index in [9.17, 15) is 14.4 Å². The highest BCUT2D eigenvalue weighted by atomic mass is 16.5. The van der Waals surface area contributed by atoms with E-state index >= 15 is 0 Å². The molecule has 31 heavy (non-hydrogen) atoms. The number of ketones is 1. The second kappa shape index (κ2) is 7.34. The number of rotatable bonds is 4. The van der Waals surface area contributed by atoms with Crippen molar-refractivity contribution >= 4 is 34.1 Å². The van der Waals surface area contributed by atoms with Gasteiger partial charge in [-0.1, -0.05) is 24.3 Å². The number of Topliss-reactive ketones (excluding diaryl/α,β-unsaturated/α-hetero) is 1. The highest BCUT2D eigenvalue weighted by Crippen LogP contribution is 2.33. The summed E-state index contributed by atoms with van der Waals surface area (Å²) >= 11 is 0. The van der Waals surface area contributed by atoms with E-state index in [0.29, 0.717) is 24.1 Å². The lowest BCUT2D eigenvalue weighted by Crippen LogP contribution is -2.26. The fourth-order valence-electron chi connectivity index (χ4n) is 4.82. The maximum atomic E-state index is 13.0. The number of aryl methyl sites for hydroxylation is 2. The molecule has 0 N–H and O–H groups in total. The molecule has 3 aromatic rings. The standard InChI is InChI=1S/C26H23NO4/c1-15(25(29)20-9-11-23-19(14-20)12-13-27(23)16(2)28)31-26(30)22-10-8-18-7-6-17-4-3-5-21(22)24(17)18/h3-5,8-11,14-15H,6-7,12-13H2,1-2H3/t15-/m0/s1. The molecule has 5 nitrogen and oxygen atoms in total. The molecule has 1 heterocycles. The molecule has 1 atom stereocenters. The summed E-state index contributed by atoms with van der Waals surface area (Å²) in [7, 11) is 0. The van der Waals surface area contributed by atoms with Crippen LogP contribution in [0.5, 0.6) is 0 Å². The predicted molar refractivity (Wildman–Crippen MR) is 119 cm³/mol. The topological polar surface area (TPSA) is 63.7 Å². The summed E-state index contributed by atoms with van der Waals surface area (Å²) in [6.45, 7) is 3.77. The fraction of sp³-hybridized carbons (Fsp3) is 0.269. The van der Waals surface area contributed by atoms with Crippen molar-refractivity contribution in [1.82, 2.24) is 0 Å². The smallest absolute Gasteiger partial charge is 0.339 e. The number of hydrogen-bond acceptors (Lipinski definition) is 4. The second-order valence-electron chi connectivity index (χ2n) is 8.29. The van der Waals surface area contributed by atoms with E-state index in [1.165, 1.54) is 18.1 Å². The molecule has 3 aromatic carbocycles. The third kappa shape index (κ3) is 3.21. The van der Waals surface area contributed by atoms with Gasteiger partial charge in [0.05, 0.1) is 5.56 Å². The van der Waals surface area contributed by atoms with Crippen LogP contribution >= 0.6 is 0 Å². The van der Waals surface area contributed by atoms with Crippen molar-refractivity contribution in [3.8, 4) is 0 Å². The highest BCUT2D eigenvalue weighted by molar-refractivity contribution is 6.08. The molecule has 5 heteroatoms. The van der Waals surface area contributed by atoms with Crippen LogP contribution in [0.1, 0.15) is 51.3 Å². The lowest BCUT2D eigenvalue weighted by Gasteiger charge is -2.16. The summed E-state index contributed by atoms with van der Waals surface area (Å²) in [5.41, 5.74) is 5.31. The molecule has 0 aromatic heterocycles. The SMILES string of the molecule is CC(=O)N1CCc2cc(C(=O)[C@H](C)OC(=O)c3ccc4c5c(cccc35)CC4)ccc21. The molecular weight excluding hydrogens is 390 g/mol. The van der Waals surface area contributed by atoms with Crippen molar-refractivity contribution in [3.63, 3.8) is 0 Å². The Morgan fingerprint density at radius 3 is 2.48 bits per heavy atom. The van der Waals surface area contributed by atoms with E-state index in [2.05, 4.69) is 6.07 Å². The normalized spacial score (nSPS) is 15.1. The van der Waals surface area contributed by atoms with Gasteiger partial charge in [-0.2, -0.15) is 0 Å². The van der Waals surface area contributed by atoms with Crippen molar-refractivity contribution in [2.45, 2.75) is 39.2 Å². The number of carbonyl (C=O) groups is 3. The summed E-state index contributed by atoms with van der Waals surface area (Å²) in [5, 5.41) is 2.03. The van der Waals surface area contributed by atoms with Gasteiger partial charge in [-0.15, -0.1) is 0 Å². The number of carbonyl (C=O) groups excluding carboxylic acids is 3. The van der Waals surface area contributed by atoms with Crippen molar-refractivity contribution in [2.75, 3.05) is 11.4 Å². The maximum Gasteiger partial charge on any atom is 0.339 e. The van der Waals surface area contributed by atoms with Gasteiger partial charge < -0.3 is 9.64 Å². The Morgan fingerprint density at radius 2 is 1.71 bits per heavy atom. The van der Waals surface area contributed by atoms with Gasteiger partial charge in [0.15, 0.2) is 6.10 Å².